The van der Waals surface area contributed by atoms with Crippen LogP contribution in [-0.4, -0.2) is 27.1 Å². The van der Waals surface area contributed by atoms with Crippen LogP contribution < -0.4 is 16.4 Å². The predicted molar refractivity (Wildman–Crippen MR) is 64.0 cm³/mol. The van der Waals surface area contributed by atoms with Crippen LogP contribution >= 0.6 is 0 Å². The van der Waals surface area contributed by atoms with Crippen molar-refractivity contribution in [2.24, 2.45) is 5.73 Å². The smallest absolute Gasteiger partial charge is 0.316 e. The SMILES string of the molecule is NC(=O)Nc1ccc(C(=O)Nc2ncn[nH]2)cc1. The van der Waals surface area contributed by atoms with Gasteiger partial charge in [0, 0.05) is 11.3 Å². The molecule has 1 heterocycles. The van der Waals surface area contributed by atoms with Crippen molar-refractivity contribution < 1.29 is 9.59 Å². The highest BCUT2D eigenvalue weighted by Crippen LogP contribution is 2.10. The molecule has 1 aromatic heterocycles. The lowest BCUT2D eigenvalue weighted by atomic mass is 10.2. The lowest BCUT2D eigenvalue weighted by Gasteiger charge is -2.04. The molecule has 0 aliphatic heterocycles. The number of aromatic amines is 1. The minimum atomic E-state index is -0.658. The van der Waals surface area contributed by atoms with Crippen LogP contribution in [0.4, 0.5) is 16.4 Å². The van der Waals surface area contributed by atoms with Crippen LogP contribution in [-0.2, 0) is 0 Å². The topological polar surface area (TPSA) is 126 Å². The minimum absolute atomic E-state index is 0.263. The van der Waals surface area contributed by atoms with Crippen molar-refractivity contribution in [3.63, 3.8) is 0 Å². The molecule has 0 saturated carbocycles. The Morgan fingerprint density at radius 3 is 2.44 bits per heavy atom. The molecule has 3 amide bonds. The highest BCUT2D eigenvalue weighted by Gasteiger charge is 2.07. The first kappa shape index (κ1) is 11.6. The van der Waals surface area contributed by atoms with E-state index in [9.17, 15) is 9.59 Å². The quantitative estimate of drug-likeness (QED) is 0.630. The molecule has 0 aliphatic carbocycles. The summed E-state index contributed by atoms with van der Waals surface area (Å²) in [6.45, 7) is 0. The van der Waals surface area contributed by atoms with Crippen molar-refractivity contribution in [3.05, 3.63) is 36.2 Å². The van der Waals surface area contributed by atoms with Crippen LogP contribution in [0.15, 0.2) is 30.6 Å². The number of aromatic nitrogens is 3. The second kappa shape index (κ2) is 4.95. The standard InChI is InChI=1S/C10H10N6O2/c11-9(18)14-7-3-1-6(2-4-7)8(17)15-10-12-5-13-16-10/h1-5H,(H3,11,14,18)(H2,12,13,15,16,17). The summed E-state index contributed by atoms with van der Waals surface area (Å²) in [5.41, 5.74) is 5.89. The van der Waals surface area contributed by atoms with Gasteiger partial charge in [-0.25, -0.2) is 9.89 Å². The van der Waals surface area contributed by atoms with Crippen LogP contribution in [0, 0.1) is 0 Å². The van der Waals surface area contributed by atoms with Crippen LogP contribution in [0.2, 0.25) is 0 Å². The fourth-order valence-electron chi connectivity index (χ4n) is 1.29. The number of H-pyrrole nitrogens is 1. The van der Waals surface area contributed by atoms with E-state index in [0.29, 0.717) is 11.3 Å². The number of amides is 3. The van der Waals surface area contributed by atoms with E-state index in [0.717, 1.165) is 0 Å². The molecule has 0 aliphatic rings. The molecule has 0 radical (unpaired) electrons. The van der Waals surface area contributed by atoms with Gasteiger partial charge in [0.05, 0.1) is 0 Å². The zero-order valence-electron chi connectivity index (χ0n) is 9.18. The molecule has 2 rings (SSSR count). The number of nitrogens with one attached hydrogen (secondary N) is 3. The molecule has 0 spiro atoms. The van der Waals surface area contributed by atoms with Gasteiger partial charge < -0.3 is 11.1 Å². The van der Waals surface area contributed by atoms with Gasteiger partial charge in [-0.2, -0.15) is 10.1 Å². The Morgan fingerprint density at radius 2 is 1.89 bits per heavy atom. The van der Waals surface area contributed by atoms with Gasteiger partial charge in [0.15, 0.2) is 0 Å². The van der Waals surface area contributed by atoms with Crippen molar-refractivity contribution in [1.29, 1.82) is 0 Å². The molecular weight excluding hydrogens is 236 g/mol. The minimum Gasteiger partial charge on any atom is -0.351 e. The predicted octanol–water partition coefficient (Wildman–Crippen LogP) is 0.548. The van der Waals surface area contributed by atoms with Crippen LogP contribution in [0.1, 0.15) is 10.4 Å². The molecule has 0 bridgehead atoms. The molecule has 1 aromatic carbocycles. The summed E-state index contributed by atoms with van der Waals surface area (Å²) < 4.78 is 0. The average molecular weight is 246 g/mol. The van der Waals surface area contributed by atoms with E-state index in [2.05, 4.69) is 25.8 Å². The number of anilines is 2. The molecule has 0 atom stereocenters. The molecule has 0 unspecified atom stereocenters. The lowest BCUT2D eigenvalue weighted by molar-refractivity contribution is 0.102. The molecule has 8 nitrogen and oxygen atoms in total. The van der Waals surface area contributed by atoms with Gasteiger partial charge in [0.25, 0.3) is 5.91 Å². The van der Waals surface area contributed by atoms with Gasteiger partial charge in [-0.15, -0.1) is 0 Å². The Balaban J connectivity index is 2.05. The average Bonchev–Trinajstić information content (AvgIpc) is 2.82. The molecular formula is C10H10N6O2. The summed E-state index contributed by atoms with van der Waals surface area (Å²) in [4.78, 5) is 26.1. The Kier molecular flexibility index (Phi) is 3.19. The third kappa shape index (κ3) is 2.82. The third-order valence-corrected chi connectivity index (χ3v) is 2.06. The largest absolute Gasteiger partial charge is 0.351 e. The number of urea groups is 1. The number of hydrogen-bond donors (Lipinski definition) is 4. The Labute approximate surface area is 102 Å². The van der Waals surface area contributed by atoms with Gasteiger partial charge in [-0.05, 0) is 24.3 Å². The second-order valence-corrected chi connectivity index (χ2v) is 3.35. The number of nitrogens with two attached hydrogens (primary N) is 1. The molecule has 8 heteroatoms. The first-order valence-electron chi connectivity index (χ1n) is 4.98. The monoisotopic (exact) mass is 246 g/mol. The fraction of sp³-hybridized carbons (Fsp3) is 0. The van der Waals surface area contributed by atoms with Crippen molar-refractivity contribution in [3.8, 4) is 0 Å². The molecule has 18 heavy (non-hydrogen) atoms. The highest BCUT2D eigenvalue weighted by molar-refractivity contribution is 6.03. The van der Waals surface area contributed by atoms with Gasteiger partial charge >= 0.3 is 6.03 Å². The Bertz CT molecular complexity index is 548. The van der Waals surface area contributed by atoms with Gasteiger partial charge in [0.2, 0.25) is 5.95 Å². The first-order chi connectivity index (χ1) is 8.65. The highest BCUT2D eigenvalue weighted by atomic mass is 16.2. The number of rotatable bonds is 3. The molecule has 2 aromatic rings. The summed E-state index contributed by atoms with van der Waals surface area (Å²) in [5.74, 6) is -0.0725. The van der Waals surface area contributed by atoms with Crippen molar-refractivity contribution in [2.75, 3.05) is 10.6 Å². The van der Waals surface area contributed by atoms with Crippen LogP contribution in [0.5, 0.6) is 0 Å². The van der Waals surface area contributed by atoms with E-state index in [1.165, 1.54) is 6.33 Å². The Hall–Kier alpha value is -2.90. The van der Waals surface area contributed by atoms with Crippen molar-refractivity contribution in [1.82, 2.24) is 15.2 Å². The number of carbonyl (C=O) groups is 2. The number of carbonyl (C=O) groups excluding carboxylic acids is 2. The molecule has 5 N–H and O–H groups in total. The maximum atomic E-state index is 11.7. The summed E-state index contributed by atoms with van der Waals surface area (Å²) in [6, 6.07) is 5.59. The summed E-state index contributed by atoms with van der Waals surface area (Å²) in [6.07, 6.45) is 1.29. The number of primary amides is 1. The summed E-state index contributed by atoms with van der Waals surface area (Å²) in [5, 5.41) is 11.0. The van der Waals surface area contributed by atoms with E-state index < -0.39 is 6.03 Å². The fourth-order valence-corrected chi connectivity index (χ4v) is 1.29. The van der Waals surface area contributed by atoms with E-state index in [1.54, 1.807) is 24.3 Å². The first-order valence-corrected chi connectivity index (χ1v) is 4.98. The molecule has 92 valence electrons. The number of hydrogen-bond acceptors (Lipinski definition) is 4. The van der Waals surface area contributed by atoms with E-state index in [1.807, 2.05) is 0 Å². The van der Waals surface area contributed by atoms with Gasteiger partial charge in [-0.3, -0.25) is 10.1 Å². The third-order valence-electron chi connectivity index (χ3n) is 2.06. The second-order valence-electron chi connectivity index (χ2n) is 3.35. The summed E-state index contributed by atoms with van der Waals surface area (Å²) in [7, 11) is 0. The van der Waals surface area contributed by atoms with Crippen LogP contribution in [0.25, 0.3) is 0 Å². The van der Waals surface area contributed by atoms with Gasteiger partial charge in [-0.1, -0.05) is 0 Å². The number of benzene rings is 1. The zero-order valence-corrected chi connectivity index (χ0v) is 9.18. The van der Waals surface area contributed by atoms with Crippen molar-refractivity contribution >= 4 is 23.6 Å². The van der Waals surface area contributed by atoms with E-state index in [4.69, 9.17) is 5.73 Å². The number of nitrogens with zero attached hydrogens (tertiary/aromatic N) is 2. The normalized spacial score (nSPS) is 9.78. The molecule has 0 fully saturated rings. The maximum absolute atomic E-state index is 11.7. The molecule has 0 saturated heterocycles. The van der Waals surface area contributed by atoms with E-state index in [-0.39, 0.29) is 11.9 Å². The van der Waals surface area contributed by atoms with Crippen LogP contribution in [0.3, 0.4) is 0 Å². The zero-order chi connectivity index (χ0) is 13.0. The lowest BCUT2D eigenvalue weighted by Crippen LogP contribution is -2.19. The Morgan fingerprint density at radius 1 is 1.17 bits per heavy atom. The summed E-state index contributed by atoms with van der Waals surface area (Å²) >= 11 is 0. The maximum Gasteiger partial charge on any atom is 0.316 e. The van der Waals surface area contributed by atoms with E-state index >= 15 is 0 Å². The van der Waals surface area contributed by atoms with Crippen molar-refractivity contribution in [2.45, 2.75) is 0 Å². The van der Waals surface area contributed by atoms with Gasteiger partial charge in [0.1, 0.15) is 6.33 Å².